The van der Waals surface area contributed by atoms with Gasteiger partial charge in [0.15, 0.2) is 11.3 Å². The van der Waals surface area contributed by atoms with Crippen LogP contribution in [-0.2, 0) is 6.18 Å². The molecule has 0 unspecified atom stereocenters. The van der Waals surface area contributed by atoms with Crippen LogP contribution in [0.4, 0.5) is 17.6 Å². The minimum absolute atomic E-state index is 0.0531. The molecule has 222 valence electrons. The Bertz CT molecular complexity index is 1600. The highest BCUT2D eigenvalue weighted by Gasteiger charge is 2.39. The minimum atomic E-state index is -4.76. The Hall–Kier alpha value is -4.23. The maximum absolute atomic E-state index is 14.3. The zero-order valence-electron chi connectivity index (χ0n) is 23.2. The lowest BCUT2D eigenvalue weighted by Gasteiger charge is -2.39. The molecule has 2 aromatic carbocycles. The van der Waals surface area contributed by atoms with Gasteiger partial charge in [-0.25, -0.2) is 13.9 Å². The highest BCUT2D eigenvalue weighted by Crippen LogP contribution is 2.37. The summed E-state index contributed by atoms with van der Waals surface area (Å²) in [5.74, 6) is -0.138. The van der Waals surface area contributed by atoms with Gasteiger partial charge in [-0.15, -0.1) is 0 Å². The smallest absolute Gasteiger partial charge is 0.433 e. The van der Waals surface area contributed by atoms with E-state index in [1.807, 2.05) is 4.90 Å². The highest BCUT2D eigenvalue weighted by molar-refractivity contribution is 6.00. The van der Waals surface area contributed by atoms with E-state index in [9.17, 15) is 27.5 Å². The summed E-state index contributed by atoms with van der Waals surface area (Å²) in [7, 11) is 2.90. The zero-order chi connectivity index (χ0) is 30.2. The molecule has 5 rings (SSSR count). The number of carbonyl (C=O) groups is 1. The van der Waals surface area contributed by atoms with Gasteiger partial charge >= 0.3 is 6.18 Å². The van der Waals surface area contributed by atoms with Crippen LogP contribution in [-0.4, -0.2) is 82.4 Å². The van der Waals surface area contributed by atoms with E-state index in [4.69, 9.17) is 9.47 Å². The molecule has 0 bridgehead atoms. The summed E-state index contributed by atoms with van der Waals surface area (Å²) in [5, 5.41) is 14.1. The van der Waals surface area contributed by atoms with E-state index in [0.29, 0.717) is 40.2 Å². The fourth-order valence-corrected chi connectivity index (χ4v) is 5.37. The van der Waals surface area contributed by atoms with Gasteiger partial charge in [0.1, 0.15) is 22.9 Å². The number of fused-ring (bicyclic) bond motifs is 1. The van der Waals surface area contributed by atoms with Crippen LogP contribution in [0.5, 0.6) is 11.5 Å². The molecular formula is C29H29F4N5O4. The van der Waals surface area contributed by atoms with Gasteiger partial charge in [-0.05, 0) is 37.3 Å². The Labute approximate surface area is 238 Å². The normalized spacial score (nSPS) is 15.2. The first-order valence-corrected chi connectivity index (χ1v) is 13.1. The Kier molecular flexibility index (Phi) is 8.06. The van der Waals surface area contributed by atoms with Crippen LogP contribution < -0.4 is 9.47 Å². The van der Waals surface area contributed by atoms with Crippen LogP contribution in [0.2, 0.25) is 0 Å². The summed E-state index contributed by atoms with van der Waals surface area (Å²) in [4.78, 5) is 21.6. The van der Waals surface area contributed by atoms with E-state index >= 15 is 0 Å². The van der Waals surface area contributed by atoms with Gasteiger partial charge in [0.2, 0.25) is 0 Å². The van der Waals surface area contributed by atoms with Gasteiger partial charge in [0.05, 0.1) is 38.8 Å². The number of carbonyl (C=O) groups excluding carboxylic acids is 1. The van der Waals surface area contributed by atoms with Crippen LogP contribution in [0, 0.1) is 12.7 Å². The number of aromatic nitrogens is 3. The molecule has 1 aliphatic rings. The molecule has 3 heterocycles. The van der Waals surface area contributed by atoms with E-state index in [1.165, 1.54) is 38.2 Å². The number of ether oxygens (including phenoxy) is 2. The predicted octanol–water partition coefficient (Wildman–Crippen LogP) is 4.37. The van der Waals surface area contributed by atoms with Gasteiger partial charge in [-0.3, -0.25) is 9.69 Å². The number of benzene rings is 2. The molecule has 0 aliphatic carbocycles. The molecule has 9 nitrogen and oxygen atoms in total. The van der Waals surface area contributed by atoms with Crippen molar-refractivity contribution >= 4 is 11.6 Å². The Morgan fingerprint density at radius 1 is 1.05 bits per heavy atom. The van der Waals surface area contributed by atoms with E-state index in [1.54, 1.807) is 30.3 Å². The number of hydrogen-bond acceptors (Lipinski definition) is 7. The SMILES string of the molecule is COc1ccc(-c2nc3c(C(=O)N4CCN([C@H](CO)c5ccc(F)cc5OC)CC4)cnn3c(C(F)(F)F)c2C)cc1. The average molecular weight is 588 g/mol. The number of hydrogen-bond donors (Lipinski definition) is 1. The number of aliphatic hydroxyl groups is 1. The molecule has 42 heavy (non-hydrogen) atoms. The number of alkyl halides is 3. The van der Waals surface area contributed by atoms with E-state index < -0.39 is 29.6 Å². The zero-order valence-corrected chi connectivity index (χ0v) is 23.2. The van der Waals surface area contributed by atoms with E-state index in [-0.39, 0.29) is 42.2 Å². The number of nitrogens with zero attached hydrogens (tertiary/aromatic N) is 5. The first-order valence-electron chi connectivity index (χ1n) is 13.1. The largest absolute Gasteiger partial charge is 0.497 e. The summed E-state index contributed by atoms with van der Waals surface area (Å²) in [6.45, 7) is 2.24. The van der Waals surface area contributed by atoms with Crippen molar-refractivity contribution in [2.75, 3.05) is 47.0 Å². The van der Waals surface area contributed by atoms with Crippen molar-refractivity contribution in [3.63, 3.8) is 0 Å². The quantitative estimate of drug-likeness (QED) is 0.321. The molecule has 0 spiro atoms. The lowest BCUT2D eigenvalue weighted by atomic mass is 10.0. The Balaban J connectivity index is 1.44. The number of amides is 1. The summed E-state index contributed by atoms with van der Waals surface area (Å²) in [6.07, 6.45) is -3.64. The molecule has 1 saturated heterocycles. The Morgan fingerprint density at radius 2 is 1.74 bits per heavy atom. The minimum Gasteiger partial charge on any atom is -0.497 e. The lowest BCUT2D eigenvalue weighted by Crippen LogP contribution is -2.50. The van der Waals surface area contributed by atoms with Gasteiger partial charge < -0.3 is 19.5 Å². The molecule has 1 aliphatic heterocycles. The van der Waals surface area contributed by atoms with Crippen molar-refractivity contribution in [2.45, 2.75) is 19.1 Å². The van der Waals surface area contributed by atoms with Crippen LogP contribution in [0.3, 0.4) is 0 Å². The standard InChI is InChI=1S/C29H29F4N5O4/c1-17-25(18-4-7-20(41-2)8-5-18)35-27-22(15-34-38(27)26(17)29(31,32)33)28(40)37-12-10-36(11-13-37)23(16-39)21-9-6-19(30)14-24(21)42-3/h4-9,14-15,23,39H,10-13,16H2,1-3H3/t23-/m1/s1. The lowest BCUT2D eigenvalue weighted by molar-refractivity contribution is -0.143. The maximum Gasteiger partial charge on any atom is 0.433 e. The summed E-state index contributed by atoms with van der Waals surface area (Å²) in [6, 6.07) is 10.0. The molecule has 2 aromatic heterocycles. The molecular weight excluding hydrogens is 558 g/mol. The molecule has 1 amide bonds. The van der Waals surface area contributed by atoms with Crippen LogP contribution in [0.15, 0.2) is 48.7 Å². The number of rotatable bonds is 7. The van der Waals surface area contributed by atoms with E-state index in [0.717, 1.165) is 6.20 Å². The van der Waals surface area contributed by atoms with Crippen molar-refractivity contribution in [1.29, 1.82) is 0 Å². The second-order valence-electron chi connectivity index (χ2n) is 9.87. The maximum atomic E-state index is 14.3. The summed E-state index contributed by atoms with van der Waals surface area (Å²) < 4.78 is 67.6. The van der Waals surface area contributed by atoms with Gasteiger partial charge in [-0.2, -0.15) is 18.3 Å². The Morgan fingerprint density at radius 3 is 2.33 bits per heavy atom. The molecule has 1 fully saturated rings. The van der Waals surface area contributed by atoms with Crippen LogP contribution >= 0.6 is 0 Å². The van der Waals surface area contributed by atoms with Crippen LogP contribution in [0.25, 0.3) is 16.9 Å². The van der Waals surface area contributed by atoms with Crippen molar-refractivity contribution < 1.29 is 36.9 Å². The van der Waals surface area contributed by atoms with Crippen molar-refractivity contribution in [2.24, 2.45) is 0 Å². The molecule has 0 radical (unpaired) electrons. The van der Waals surface area contributed by atoms with Crippen LogP contribution in [0.1, 0.15) is 33.2 Å². The molecule has 4 aromatic rings. The number of methoxy groups -OCH3 is 2. The topological polar surface area (TPSA) is 92.4 Å². The molecule has 1 N–H and O–H groups in total. The van der Waals surface area contributed by atoms with Crippen molar-refractivity contribution in [1.82, 2.24) is 24.4 Å². The third-order valence-electron chi connectivity index (χ3n) is 7.52. The third-order valence-corrected chi connectivity index (χ3v) is 7.52. The van der Waals surface area contributed by atoms with Crippen molar-refractivity contribution in [3.8, 4) is 22.8 Å². The van der Waals surface area contributed by atoms with E-state index in [2.05, 4.69) is 10.1 Å². The van der Waals surface area contributed by atoms with Gasteiger partial charge in [-0.1, -0.05) is 6.07 Å². The predicted molar refractivity (Wildman–Crippen MR) is 145 cm³/mol. The summed E-state index contributed by atoms with van der Waals surface area (Å²) >= 11 is 0. The molecule has 13 heteroatoms. The fourth-order valence-electron chi connectivity index (χ4n) is 5.37. The molecule has 0 saturated carbocycles. The summed E-state index contributed by atoms with van der Waals surface area (Å²) in [5.41, 5.74) is -0.271. The highest BCUT2D eigenvalue weighted by atomic mass is 19.4. The third kappa shape index (κ3) is 5.37. The number of aliphatic hydroxyl groups excluding tert-OH is 1. The first kappa shape index (κ1) is 29.3. The van der Waals surface area contributed by atoms with Gasteiger partial charge in [0, 0.05) is 48.9 Å². The second kappa shape index (κ2) is 11.6. The number of halogens is 4. The second-order valence-corrected chi connectivity index (χ2v) is 9.87. The average Bonchev–Trinajstić information content (AvgIpc) is 3.40. The fraction of sp³-hybridized carbons (Fsp3) is 0.345. The first-order chi connectivity index (χ1) is 20.1. The monoisotopic (exact) mass is 587 g/mol. The molecule has 1 atom stereocenters. The van der Waals surface area contributed by atoms with Crippen molar-refractivity contribution in [3.05, 3.63) is 76.9 Å². The van der Waals surface area contributed by atoms with Gasteiger partial charge in [0.25, 0.3) is 5.91 Å². The number of piperazine rings is 1.